The van der Waals surface area contributed by atoms with Gasteiger partial charge in [0.15, 0.2) is 0 Å². The number of carbonyl (C=O) groups excluding carboxylic acids is 1. The molecule has 0 aliphatic carbocycles. The summed E-state index contributed by atoms with van der Waals surface area (Å²) in [5.74, 6) is 1.73. The molecule has 1 amide bonds. The smallest absolute Gasteiger partial charge is 0.253 e. The molecule has 136 valence electrons. The molecule has 1 aromatic rings. The van der Waals surface area contributed by atoms with E-state index in [-0.39, 0.29) is 5.91 Å². The Hall–Kier alpha value is -1.81. The summed E-state index contributed by atoms with van der Waals surface area (Å²) < 4.78 is 5.74. The Morgan fingerprint density at radius 1 is 1.28 bits per heavy atom. The molecule has 2 aliphatic heterocycles. The molecular weight excluding hydrogens is 312 g/mol. The molecule has 0 unspecified atom stereocenters. The highest BCUT2D eigenvalue weighted by atomic mass is 16.5. The van der Waals surface area contributed by atoms with Gasteiger partial charge in [0, 0.05) is 25.2 Å². The number of hydrogen-bond acceptors (Lipinski definition) is 3. The number of likely N-dealkylation sites (tertiary alicyclic amines) is 1. The summed E-state index contributed by atoms with van der Waals surface area (Å²) in [7, 11) is 2.22. The van der Waals surface area contributed by atoms with Crippen molar-refractivity contribution in [2.45, 2.75) is 32.6 Å². The summed E-state index contributed by atoms with van der Waals surface area (Å²) >= 11 is 0. The third-order valence-corrected chi connectivity index (χ3v) is 5.27. The Labute approximate surface area is 151 Å². The molecule has 0 saturated carbocycles. The minimum Gasteiger partial charge on any atom is -0.488 e. The number of nitrogens with zero attached hydrogens (tertiary/aromatic N) is 2. The molecule has 0 aromatic heterocycles. The van der Waals surface area contributed by atoms with Crippen molar-refractivity contribution in [3.8, 4) is 5.75 Å². The predicted octanol–water partition coefficient (Wildman–Crippen LogP) is 3.43. The maximum absolute atomic E-state index is 12.8. The van der Waals surface area contributed by atoms with Crippen LogP contribution in [-0.2, 0) is 4.79 Å². The number of amides is 1. The maximum atomic E-state index is 12.8. The molecule has 0 spiro atoms. The number of carbonyl (C=O) groups is 1. The lowest BCUT2D eigenvalue weighted by Crippen LogP contribution is -2.42. The van der Waals surface area contributed by atoms with Gasteiger partial charge in [0.05, 0.1) is 5.57 Å². The van der Waals surface area contributed by atoms with Crippen LogP contribution in [0.5, 0.6) is 5.75 Å². The van der Waals surface area contributed by atoms with Gasteiger partial charge in [0.2, 0.25) is 0 Å². The van der Waals surface area contributed by atoms with E-state index in [2.05, 4.69) is 18.9 Å². The van der Waals surface area contributed by atoms with Crippen LogP contribution in [0.4, 0.5) is 0 Å². The molecule has 0 radical (unpaired) electrons. The van der Waals surface area contributed by atoms with Gasteiger partial charge in [0.25, 0.3) is 5.91 Å². The molecule has 4 nitrogen and oxygen atoms in total. The standard InChI is InChI=1S/C21H30N2O2/c1-3-4-11-22(2)15-17-9-12-23(13-10-17)21(24)19-14-18-7-5-6-8-20(18)25-16-19/h5-8,14,17H,3-4,9-13,15-16H2,1-2H3. The summed E-state index contributed by atoms with van der Waals surface area (Å²) in [6.07, 6.45) is 6.71. The zero-order valence-electron chi connectivity index (χ0n) is 15.5. The summed E-state index contributed by atoms with van der Waals surface area (Å²) in [5.41, 5.74) is 1.78. The SMILES string of the molecule is CCCCN(C)CC1CCN(C(=O)C2=Cc3ccccc3OC2)CC1. The van der Waals surface area contributed by atoms with E-state index in [1.165, 1.54) is 19.4 Å². The Morgan fingerprint density at radius 3 is 2.80 bits per heavy atom. The zero-order chi connectivity index (χ0) is 17.6. The van der Waals surface area contributed by atoms with Gasteiger partial charge in [-0.25, -0.2) is 0 Å². The van der Waals surface area contributed by atoms with Crippen molar-refractivity contribution in [2.24, 2.45) is 5.92 Å². The Kier molecular flexibility index (Phi) is 6.14. The Balaban J connectivity index is 1.51. The van der Waals surface area contributed by atoms with Crippen LogP contribution in [0, 0.1) is 5.92 Å². The minimum absolute atomic E-state index is 0.146. The second kappa shape index (κ2) is 8.52. The molecule has 1 aromatic carbocycles. The van der Waals surface area contributed by atoms with E-state index in [4.69, 9.17) is 4.74 Å². The van der Waals surface area contributed by atoms with Crippen molar-refractivity contribution < 1.29 is 9.53 Å². The predicted molar refractivity (Wildman–Crippen MR) is 102 cm³/mol. The van der Waals surface area contributed by atoms with Gasteiger partial charge in [-0.2, -0.15) is 0 Å². The molecular formula is C21H30N2O2. The van der Waals surface area contributed by atoms with E-state index in [1.807, 2.05) is 35.2 Å². The lowest BCUT2D eigenvalue weighted by molar-refractivity contribution is -0.128. The van der Waals surface area contributed by atoms with Crippen molar-refractivity contribution in [3.05, 3.63) is 35.4 Å². The first-order valence-corrected chi connectivity index (χ1v) is 9.57. The largest absolute Gasteiger partial charge is 0.488 e. The number of para-hydroxylation sites is 1. The fourth-order valence-corrected chi connectivity index (χ4v) is 3.72. The van der Waals surface area contributed by atoms with Crippen molar-refractivity contribution in [1.29, 1.82) is 0 Å². The normalized spacial score (nSPS) is 17.9. The van der Waals surface area contributed by atoms with Crippen molar-refractivity contribution >= 4 is 12.0 Å². The number of piperidine rings is 1. The lowest BCUT2D eigenvalue weighted by atomic mass is 9.95. The second-order valence-electron chi connectivity index (χ2n) is 7.35. The average Bonchev–Trinajstić information content (AvgIpc) is 2.66. The fourth-order valence-electron chi connectivity index (χ4n) is 3.72. The first-order valence-electron chi connectivity index (χ1n) is 9.57. The third-order valence-electron chi connectivity index (χ3n) is 5.27. The minimum atomic E-state index is 0.146. The molecule has 0 bridgehead atoms. The van der Waals surface area contributed by atoms with Crippen LogP contribution >= 0.6 is 0 Å². The van der Waals surface area contributed by atoms with E-state index in [0.717, 1.165) is 49.4 Å². The fraction of sp³-hybridized carbons (Fsp3) is 0.571. The monoisotopic (exact) mass is 342 g/mol. The molecule has 1 saturated heterocycles. The molecule has 4 heteroatoms. The molecule has 25 heavy (non-hydrogen) atoms. The average molecular weight is 342 g/mol. The van der Waals surface area contributed by atoms with E-state index < -0.39 is 0 Å². The summed E-state index contributed by atoms with van der Waals surface area (Å²) in [4.78, 5) is 17.3. The number of benzene rings is 1. The maximum Gasteiger partial charge on any atom is 0.253 e. The first-order chi connectivity index (χ1) is 12.2. The third kappa shape index (κ3) is 4.63. The molecule has 0 atom stereocenters. The number of ether oxygens (including phenoxy) is 1. The van der Waals surface area contributed by atoms with Gasteiger partial charge < -0.3 is 14.5 Å². The van der Waals surface area contributed by atoms with Gasteiger partial charge in [0.1, 0.15) is 12.4 Å². The van der Waals surface area contributed by atoms with Crippen LogP contribution in [-0.4, -0.2) is 55.5 Å². The zero-order valence-corrected chi connectivity index (χ0v) is 15.5. The highest BCUT2D eigenvalue weighted by Crippen LogP contribution is 2.27. The molecule has 2 heterocycles. The van der Waals surface area contributed by atoms with Gasteiger partial charge in [-0.1, -0.05) is 31.5 Å². The van der Waals surface area contributed by atoms with Gasteiger partial charge >= 0.3 is 0 Å². The van der Waals surface area contributed by atoms with E-state index in [1.54, 1.807) is 0 Å². The summed E-state index contributed by atoms with van der Waals surface area (Å²) in [6.45, 7) is 6.68. The van der Waals surface area contributed by atoms with E-state index >= 15 is 0 Å². The molecule has 2 aliphatic rings. The van der Waals surface area contributed by atoms with Crippen LogP contribution < -0.4 is 4.74 Å². The number of hydrogen-bond donors (Lipinski definition) is 0. The number of unbranched alkanes of at least 4 members (excludes halogenated alkanes) is 1. The number of fused-ring (bicyclic) bond motifs is 1. The molecule has 3 rings (SSSR count). The van der Waals surface area contributed by atoms with E-state index in [0.29, 0.717) is 12.5 Å². The quantitative estimate of drug-likeness (QED) is 0.794. The lowest BCUT2D eigenvalue weighted by Gasteiger charge is -2.34. The van der Waals surface area contributed by atoms with Crippen LogP contribution in [0.2, 0.25) is 0 Å². The van der Waals surface area contributed by atoms with E-state index in [9.17, 15) is 4.79 Å². The van der Waals surface area contributed by atoms with Crippen molar-refractivity contribution in [2.75, 3.05) is 39.8 Å². The van der Waals surface area contributed by atoms with Crippen molar-refractivity contribution in [1.82, 2.24) is 9.80 Å². The first kappa shape index (κ1) is 18.0. The second-order valence-corrected chi connectivity index (χ2v) is 7.35. The van der Waals surface area contributed by atoms with Crippen LogP contribution in [0.15, 0.2) is 29.8 Å². The molecule has 0 N–H and O–H groups in total. The summed E-state index contributed by atoms with van der Waals surface area (Å²) in [5, 5.41) is 0. The van der Waals surface area contributed by atoms with Crippen LogP contribution in [0.1, 0.15) is 38.2 Å². The number of rotatable bonds is 6. The Bertz CT molecular complexity index is 618. The van der Waals surface area contributed by atoms with Gasteiger partial charge in [-0.15, -0.1) is 0 Å². The van der Waals surface area contributed by atoms with Crippen LogP contribution in [0.25, 0.3) is 6.08 Å². The van der Waals surface area contributed by atoms with Gasteiger partial charge in [-0.05, 0) is 50.9 Å². The van der Waals surface area contributed by atoms with Gasteiger partial charge in [-0.3, -0.25) is 4.79 Å². The summed E-state index contributed by atoms with van der Waals surface area (Å²) in [6, 6.07) is 7.89. The highest BCUT2D eigenvalue weighted by molar-refractivity contribution is 5.99. The van der Waals surface area contributed by atoms with Crippen molar-refractivity contribution in [3.63, 3.8) is 0 Å². The highest BCUT2D eigenvalue weighted by Gasteiger charge is 2.27. The van der Waals surface area contributed by atoms with Crippen LogP contribution in [0.3, 0.4) is 0 Å². The Morgan fingerprint density at radius 2 is 2.04 bits per heavy atom. The topological polar surface area (TPSA) is 32.8 Å². The molecule has 1 fully saturated rings.